The third-order valence-corrected chi connectivity index (χ3v) is 5.03. The van der Waals surface area contributed by atoms with Gasteiger partial charge in [-0.05, 0) is 43.2 Å². The number of anilines is 1. The molecule has 106 valence electrons. The molecule has 2 atom stereocenters. The minimum absolute atomic E-state index is 0.539. The van der Waals surface area contributed by atoms with Gasteiger partial charge in [-0.15, -0.1) is 0 Å². The first-order valence-corrected chi connectivity index (χ1v) is 8.44. The average Bonchev–Trinajstić information content (AvgIpc) is 2.40. The molecule has 1 aromatic carbocycles. The largest absolute Gasteiger partial charge is 0.492 e. The quantitative estimate of drug-likeness (QED) is 0.842. The van der Waals surface area contributed by atoms with Crippen molar-refractivity contribution in [1.82, 2.24) is 0 Å². The Hall–Kier alpha value is -0.540. The molecule has 0 saturated carbocycles. The smallest absolute Gasteiger partial charge is 0.138 e. The van der Waals surface area contributed by atoms with Crippen molar-refractivity contribution >= 4 is 29.1 Å². The molecule has 0 bridgehead atoms. The molecule has 1 aliphatic rings. The molecule has 2 rings (SSSR count). The number of hydrogen-bond acceptors (Lipinski definition) is 3. The molecule has 2 nitrogen and oxygen atoms in total. The highest BCUT2D eigenvalue weighted by Crippen LogP contribution is 2.31. The molecule has 0 radical (unpaired) electrons. The summed E-state index contributed by atoms with van der Waals surface area (Å²) in [7, 11) is 0. The van der Waals surface area contributed by atoms with E-state index in [1.54, 1.807) is 0 Å². The molecule has 1 heterocycles. The van der Waals surface area contributed by atoms with E-state index in [4.69, 9.17) is 16.3 Å². The molecule has 2 unspecified atom stereocenters. The van der Waals surface area contributed by atoms with Gasteiger partial charge in [0, 0.05) is 17.0 Å². The number of nitrogens with one attached hydrogen (secondary N) is 1. The fourth-order valence-corrected chi connectivity index (χ4v) is 3.62. The molecule has 0 spiro atoms. The molecule has 0 aromatic heterocycles. The van der Waals surface area contributed by atoms with E-state index < -0.39 is 0 Å². The summed E-state index contributed by atoms with van der Waals surface area (Å²) >= 11 is 8.29. The molecule has 4 heteroatoms. The average molecular weight is 300 g/mol. The van der Waals surface area contributed by atoms with E-state index in [-0.39, 0.29) is 0 Å². The van der Waals surface area contributed by atoms with Gasteiger partial charge in [0.25, 0.3) is 0 Å². The highest BCUT2D eigenvalue weighted by atomic mass is 35.5. The summed E-state index contributed by atoms with van der Waals surface area (Å²) in [5.41, 5.74) is 1.09. The summed E-state index contributed by atoms with van der Waals surface area (Å²) in [6.07, 6.45) is 3.52. The van der Waals surface area contributed by atoms with Crippen molar-refractivity contribution in [1.29, 1.82) is 0 Å². The van der Waals surface area contributed by atoms with Crippen LogP contribution in [0.25, 0.3) is 0 Å². The number of halogens is 1. The van der Waals surface area contributed by atoms with Gasteiger partial charge in [-0.2, -0.15) is 11.8 Å². The summed E-state index contributed by atoms with van der Waals surface area (Å²) in [5, 5.41) is 4.94. The number of rotatable bonds is 5. The van der Waals surface area contributed by atoms with Crippen molar-refractivity contribution in [2.45, 2.75) is 44.4 Å². The van der Waals surface area contributed by atoms with E-state index in [0.717, 1.165) is 17.9 Å². The van der Waals surface area contributed by atoms with E-state index in [0.29, 0.717) is 22.9 Å². The van der Waals surface area contributed by atoms with Crippen LogP contribution in [0.3, 0.4) is 0 Å². The molecular formula is C15H22ClNOS. The Kier molecular flexibility index (Phi) is 5.71. The Morgan fingerprint density at radius 2 is 2.32 bits per heavy atom. The van der Waals surface area contributed by atoms with Gasteiger partial charge in [0.1, 0.15) is 5.75 Å². The van der Waals surface area contributed by atoms with Gasteiger partial charge in [0.2, 0.25) is 0 Å². The third-order valence-electron chi connectivity index (χ3n) is 3.35. The Morgan fingerprint density at radius 1 is 1.47 bits per heavy atom. The Morgan fingerprint density at radius 3 is 3.00 bits per heavy atom. The lowest BCUT2D eigenvalue weighted by molar-refractivity contribution is 0.317. The lowest BCUT2D eigenvalue weighted by Gasteiger charge is -2.30. The second-order valence-electron chi connectivity index (χ2n) is 4.96. The second-order valence-corrected chi connectivity index (χ2v) is 6.85. The Labute approximate surface area is 125 Å². The fraction of sp³-hybridized carbons (Fsp3) is 0.600. The zero-order valence-electron chi connectivity index (χ0n) is 11.6. The van der Waals surface area contributed by atoms with Crippen LogP contribution < -0.4 is 10.1 Å². The van der Waals surface area contributed by atoms with Gasteiger partial charge in [0.15, 0.2) is 0 Å². The highest BCUT2D eigenvalue weighted by molar-refractivity contribution is 8.00. The first-order valence-electron chi connectivity index (χ1n) is 7.01. The van der Waals surface area contributed by atoms with Crippen molar-refractivity contribution in [3.05, 3.63) is 23.2 Å². The van der Waals surface area contributed by atoms with Crippen molar-refractivity contribution in [3.63, 3.8) is 0 Å². The number of benzene rings is 1. The van der Waals surface area contributed by atoms with Gasteiger partial charge in [-0.25, -0.2) is 0 Å². The van der Waals surface area contributed by atoms with E-state index in [1.165, 1.54) is 18.6 Å². The highest BCUT2D eigenvalue weighted by Gasteiger charge is 2.21. The zero-order valence-corrected chi connectivity index (χ0v) is 13.2. The van der Waals surface area contributed by atoms with Gasteiger partial charge < -0.3 is 10.1 Å². The maximum atomic E-state index is 6.25. The Balaban J connectivity index is 1.99. The second kappa shape index (κ2) is 7.30. The first-order chi connectivity index (χ1) is 9.20. The van der Waals surface area contributed by atoms with Crippen molar-refractivity contribution in [2.24, 2.45) is 0 Å². The molecule has 1 saturated heterocycles. The standard InChI is InChI=1S/C15H22ClNOS/c1-3-8-18-15-7-6-12(10-13(15)16)17-14-5-4-9-19-11(14)2/h6-7,10-11,14,17H,3-5,8-9H2,1-2H3. The number of thioether (sulfide) groups is 1. The van der Waals surface area contributed by atoms with E-state index in [9.17, 15) is 0 Å². The lowest BCUT2D eigenvalue weighted by Crippen LogP contribution is -2.32. The molecule has 0 aliphatic carbocycles. The van der Waals surface area contributed by atoms with Gasteiger partial charge in [-0.1, -0.05) is 25.4 Å². The third kappa shape index (κ3) is 4.22. The summed E-state index contributed by atoms with van der Waals surface area (Å²) in [6.45, 7) is 5.09. The zero-order chi connectivity index (χ0) is 13.7. The first kappa shape index (κ1) is 14.9. The summed E-state index contributed by atoms with van der Waals surface area (Å²) < 4.78 is 5.59. The fourth-order valence-electron chi connectivity index (χ4n) is 2.25. The number of hydrogen-bond donors (Lipinski definition) is 1. The van der Waals surface area contributed by atoms with E-state index in [1.807, 2.05) is 23.9 Å². The minimum Gasteiger partial charge on any atom is -0.492 e. The van der Waals surface area contributed by atoms with Crippen LogP contribution >= 0.6 is 23.4 Å². The number of ether oxygens (including phenoxy) is 1. The van der Waals surface area contributed by atoms with E-state index >= 15 is 0 Å². The van der Waals surface area contributed by atoms with Gasteiger partial charge in [-0.3, -0.25) is 0 Å². The van der Waals surface area contributed by atoms with Gasteiger partial charge >= 0.3 is 0 Å². The van der Waals surface area contributed by atoms with Crippen LogP contribution in [0.2, 0.25) is 5.02 Å². The normalized spacial score (nSPS) is 23.1. The minimum atomic E-state index is 0.539. The molecule has 19 heavy (non-hydrogen) atoms. The molecule has 1 fully saturated rings. The molecule has 1 aromatic rings. The summed E-state index contributed by atoms with van der Waals surface area (Å²) in [6, 6.07) is 6.53. The lowest BCUT2D eigenvalue weighted by atomic mass is 10.1. The van der Waals surface area contributed by atoms with E-state index in [2.05, 4.69) is 25.2 Å². The van der Waals surface area contributed by atoms with Crippen molar-refractivity contribution in [2.75, 3.05) is 17.7 Å². The monoisotopic (exact) mass is 299 g/mol. The van der Waals surface area contributed by atoms with Crippen LogP contribution in [0.15, 0.2) is 18.2 Å². The van der Waals surface area contributed by atoms with Crippen molar-refractivity contribution in [3.8, 4) is 5.75 Å². The molecule has 0 amide bonds. The Bertz CT molecular complexity index is 413. The van der Waals surface area contributed by atoms with Crippen LogP contribution in [0.1, 0.15) is 33.1 Å². The predicted octanol–water partition coefficient (Wildman–Crippen LogP) is 4.82. The van der Waals surface area contributed by atoms with Crippen molar-refractivity contribution < 1.29 is 4.74 Å². The molecule has 1 aliphatic heterocycles. The maximum absolute atomic E-state index is 6.25. The van der Waals surface area contributed by atoms with Gasteiger partial charge in [0.05, 0.1) is 11.6 Å². The molecule has 1 N–H and O–H groups in total. The van der Waals surface area contributed by atoms with Crippen LogP contribution in [0, 0.1) is 0 Å². The summed E-state index contributed by atoms with van der Waals surface area (Å²) in [4.78, 5) is 0. The van der Waals surface area contributed by atoms with Crippen LogP contribution in [0.5, 0.6) is 5.75 Å². The maximum Gasteiger partial charge on any atom is 0.138 e. The summed E-state index contributed by atoms with van der Waals surface area (Å²) in [5.74, 6) is 2.06. The van der Waals surface area contributed by atoms with Crippen LogP contribution in [-0.4, -0.2) is 23.7 Å². The predicted molar refractivity (Wildman–Crippen MR) is 85.8 cm³/mol. The van der Waals surface area contributed by atoms with Crippen LogP contribution in [-0.2, 0) is 0 Å². The van der Waals surface area contributed by atoms with Crippen LogP contribution in [0.4, 0.5) is 5.69 Å². The molecular weight excluding hydrogens is 278 g/mol. The topological polar surface area (TPSA) is 21.3 Å². The SMILES string of the molecule is CCCOc1ccc(NC2CCCSC2C)cc1Cl.